The molecule has 0 bridgehead atoms. The Hall–Kier alpha value is -2.44. The Morgan fingerprint density at radius 3 is 2.60 bits per heavy atom. The van der Waals surface area contributed by atoms with Crippen LogP contribution in [0.4, 0.5) is 4.39 Å². The fraction of sp³-hybridized carbons (Fsp3) is 0.308. The molecule has 1 aromatic carbocycles. The number of nitrogens with two attached hydrogens (primary N) is 1. The third-order valence-corrected chi connectivity index (χ3v) is 2.58. The molecule has 1 rings (SSSR count). The SMILES string of the molecule is NC(=O)[C@H](CCC(=O)O)NC(=O)Cc1cccc(F)c1. The maximum absolute atomic E-state index is 12.9. The minimum absolute atomic E-state index is 0.0838. The summed E-state index contributed by atoms with van der Waals surface area (Å²) in [5.74, 6) is -2.88. The molecule has 0 saturated carbocycles. The highest BCUT2D eigenvalue weighted by atomic mass is 19.1. The van der Waals surface area contributed by atoms with Crippen molar-refractivity contribution in [1.29, 1.82) is 0 Å². The molecule has 0 saturated heterocycles. The highest BCUT2D eigenvalue weighted by Crippen LogP contribution is 2.05. The molecule has 0 fully saturated rings. The van der Waals surface area contributed by atoms with Gasteiger partial charge in [0.05, 0.1) is 6.42 Å². The minimum Gasteiger partial charge on any atom is -0.481 e. The Bertz CT molecular complexity index is 519. The molecule has 0 aliphatic heterocycles. The molecule has 20 heavy (non-hydrogen) atoms. The predicted molar refractivity (Wildman–Crippen MR) is 68.1 cm³/mol. The van der Waals surface area contributed by atoms with Gasteiger partial charge in [-0.05, 0) is 24.1 Å². The number of nitrogens with one attached hydrogen (secondary N) is 1. The second-order valence-electron chi connectivity index (χ2n) is 4.26. The van der Waals surface area contributed by atoms with Crippen LogP contribution in [0.3, 0.4) is 0 Å². The third-order valence-electron chi connectivity index (χ3n) is 2.58. The lowest BCUT2D eigenvalue weighted by Crippen LogP contribution is -2.45. The predicted octanol–water partition coefficient (Wildman–Crippen LogP) is 0.203. The molecule has 0 aromatic heterocycles. The van der Waals surface area contributed by atoms with Gasteiger partial charge in [-0.3, -0.25) is 14.4 Å². The Kier molecular flexibility index (Phi) is 5.64. The van der Waals surface area contributed by atoms with Crippen LogP contribution in [0.2, 0.25) is 0 Å². The van der Waals surface area contributed by atoms with E-state index >= 15 is 0 Å². The fourth-order valence-electron chi connectivity index (χ4n) is 1.63. The summed E-state index contributed by atoms with van der Waals surface area (Å²) in [4.78, 5) is 33.2. The molecular formula is C13H15FN2O4. The molecule has 6 nitrogen and oxygen atoms in total. The number of halogens is 1. The highest BCUT2D eigenvalue weighted by molar-refractivity contribution is 5.87. The minimum atomic E-state index is -1.09. The van der Waals surface area contributed by atoms with Gasteiger partial charge >= 0.3 is 5.97 Å². The Labute approximate surface area is 114 Å². The van der Waals surface area contributed by atoms with Crippen molar-refractivity contribution in [1.82, 2.24) is 5.32 Å². The lowest BCUT2D eigenvalue weighted by Gasteiger charge is -2.14. The van der Waals surface area contributed by atoms with Gasteiger partial charge in [-0.25, -0.2) is 4.39 Å². The molecule has 1 atom stereocenters. The maximum Gasteiger partial charge on any atom is 0.303 e. The number of primary amides is 1. The highest BCUT2D eigenvalue weighted by Gasteiger charge is 2.19. The first-order valence-corrected chi connectivity index (χ1v) is 5.93. The van der Waals surface area contributed by atoms with Crippen molar-refractivity contribution in [3.05, 3.63) is 35.6 Å². The van der Waals surface area contributed by atoms with Crippen LogP contribution in [0, 0.1) is 5.82 Å². The molecule has 0 heterocycles. The molecule has 0 radical (unpaired) electrons. The molecule has 4 N–H and O–H groups in total. The van der Waals surface area contributed by atoms with Gasteiger partial charge in [-0.1, -0.05) is 12.1 Å². The Balaban J connectivity index is 2.57. The lowest BCUT2D eigenvalue weighted by atomic mass is 10.1. The standard InChI is InChI=1S/C13H15FN2O4/c14-9-3-1-2-8(6-9)7-11(17)16-10(13(15)20)4-5-12(18)19/h1-3,6,10H,4-5,7H2,(H2,15,20)(H,16,17)(H,18,19)/t10-/m0/s1. The van der Waals surface area contributed by atoms with Crippen LogP contribution in [-0.4, -0.2) is 28.9 Å². The fourth-order valence-corrected chi connectivity index (χ4v) is 1.63. The number of amides is 2. The van der Waals surface area contributed by atoms with Gasteiger partial charge in [-0.2, -0.15) is 0 Å². The van der Waals surface area contributed by atoms with Crippen molar-refractivity contribution >= 4 is 17.8 Å². The smallest absolute Gasteiger partial charge is 0.303 e. The van der Waals surface area contributed by atoms with Gasteiger partial charge in [0, 0.05) is 6.42 Å². The first kappa shape index (κ1) is 15.6. The summed E-state index contributed by atoms with van der Waals surface area (Å²) in [5, 5.41) is 10.9. The van der Waals surface area contributed by atoms with E-state index in [9.17, 15) is 18.8 Å². The molecule has 0 unspecified atom stereocenters. The van der Waals surface area contributed by atoms with Gasteiger partial charge in [-0.15, -0.1) is 0 Å². The van der Waals surface area contributed by atoms with E-state index in [1.807, 2.05) is 0 Å². The summed E-state index contributed by atoms with van der Waals surface area (Å²) in [7, 11) is 0. The number of carbonyl (C=O) groups is 3. The van der Waals surface area contributed by atoms with Crippen molar-refractivity contribution in [3.63, 3.8) is 0 Å². The van der Waals surface area contributed by atoms with Crippen molar-refractivity contribution in [2.24, 2.45) is 5.73 Å². The van der Waals surface area contributed by atoms with Crippen LogP contribution in [0.5, 0.6) is 0 Å². The van der Waals surface area contributed by atoms with Crippen LogP contribution in [0.1, 0.15) is 18.4 Å². The van der Waals surface area contributed by atoms with Crippen LogP contribution >= 0.6 is 0 Å². The quantitative estimate of drug-likeness (QED) is 0.663. The van der Waals surface area contributed by atoms with Crippen molar-refractivity contribution in [3.8, 4) is 0 Å². The number of carboxylic acid groups (broad SMARTS) is 1. The van der Waals surface area contributed by atoms with E-state index in [-0.39, 0.29) is 19.3 Å². The van der Waals surface area contributed by atoms with Crippen molar-refractivity contribution in [2.45, 2.75) is 25.3 Å². The van der Waals surface area contributed by atoms with E-state index < -0.39 is 29.6 Å². The summed E-state index contributed by atoms with van der Waals surface area (Å²) >= 11 is 0. The van der Waals surface area contributed by atoms with E-state index in [1.165, 1.54) is 18.2 Å². The molecule has 7 heteroatoms. The monoisotopic (exact) mass is 282 g/mol. The van der Waals surface area contributed by atoms with Crippen LogP contribution in [0.25, 0.3) is 0 Å². The number of aliphatic carboxylic acids is 1. The molecular weight excluding hydrogens is 267 g/mol. The van der Waals surface area contributed by atoms with Crippen molar-refractivity contribution in [2.75, 3.05) is 0 Å². The molecule has 108 valence electrons. The normalized spacial score (nSPS) is 11.7. The van der Waals surface area contributed by atoms with Gasteiger partial charge < -0.3 is 16.2 Å². The molecule has 0 spiro atoms. The van der Waals surface area contributed by atoms with E-state index in [2.05, 4.69) is 5.32 Å². The van der Waals surface area contributed by atoms with E-state index in [0.717, 1.165) is 0 Å². The van der Waals surface area contributed by atoms with Crippen LogP contribution in [-0.2, 0) is 20.8 Å². The number of carbonyl (C=O) groups excluding carboxylic acids is 2. The van der Waals surface area contributed by atoms with E-state index in [4.69, 9.17) is 10.8 Å². The van der Waals surface area contributed by atoms with Crippen LogP contribution in [0.15, 0.2) is 24.3 Å². The van der Waals surface area contributed by atoms with E-state index in [0.29, 0.717) is 5.56 Å². The Morgan fingerprint density at radius 1 is 1.35 bits per heavy atom. The third kappa shape index (κ3) is 5.47. The van der Waals surface area contributed by atoms with Gasteiger partial charge in [0.25, 0.3) is 0 Å². The Morgan fingerprint density at radius 2 is 2.05 bits per heavy atom. The summed E-state index contributed by atoms with van der Waals surface area (Å²) in [6, 6.07) is 4.44. The number of hydrogen-bond acceptors (Lipinski definition) is 3. The van der Waals surface area contributed by atoms with Crippen LogP contribution < -0.4 is 11.1 Å². The maximum atomic E-state index is 12.9. The average Bonchev–Trinajstić information content (AvgIpc) is 2.33. The summed E-state index contributed by atoms with van der Waals surface area (Å²) in [6.07, 6.45) is -0.484. The van der Waals surface area contributed by atoms with Crippen molar-refractivity contribution < 1.29 is 23.9 Å². The zero-order valence-corrected chi connectivity index (χ0v) is 10.6. The molecule has 0 aliphatic carbocycles. The number of rotatable bonds is 7. The van der Waals surface area contributed by atoms with Gasteiger partial charge in [0.1, 0.15) is 11.9 Å². The number of hydrogen-bond donors (Lipinski definition) is 3. The number of carboxylic acids is 1. The average molecular weight is 282 g/mol. The molecule has 0 aliphatic rings. The summed E-state index contributed by atoms with van der Waals surface area (Å²) in [5.41, 5.74) is 5.53. The summed E-state index contributed by atoms with van der Waals surface area (Å²) < 4.78 is 12.9. The first-order chi connectivity index (χ1) is 9.38. The summed E-state index contributed by atoms with van der Waals surface area (Å²) in [6.45, 7) is 0. The first-order valence-electron chi connectivity index (χ1n) is 5.93. The zero-order valence-electron chi connectivity index (χ0n) is 10.6. The topological polar surface area (TPSA) is 109 Å². The lowest BCUT2D eigenvalue weighted by molar-refractivity contribution is -0.137. The van der Waals surface area contributed by atoms with Gasteiger partial charge in [0.2, 0.25) is 11.8 Å². The van der Waals surface area contributed by atoms with Gasteiger partial charge in [0.15, 0.2) is 0 Å². The second-order valence-corrected chi connectivity index (χ2v) is 4.26. The molecule has 2 amide bonds. The molecule has 1 aromatic rings. The van der Waals surface area contributed by atoms with E-state index in [1.54, 1.807) is 6.07 Å². The second kappa shape index (κ2) is 7.22. The largest absolute Gasteiger partial charge is 0.481 e. The number of benzene rings is 1. The zero-order chi connectivity index (χ0) is 15.1.